The van der Waals surface area contributed by atoms with Crippen molar-refractivity contribution in [1.29, 1.82) is 0 Å². The van der Waals surface area contributed by atoms with Gasteiger partial charge < -0.3 is 9.47 Å². The number of hydrazone groups is 1. The lowest BCUT2D eigenvalue weighted by molar-refractivity contribution is -0.384. The van der Waals surface area contributed by atoms with Crippen molar-refractivity contribution in [3.8, 4) is 11.5 Å². The summed E-state index contributed by atoms with van der Waals surface area (Å²) in [7, 11) is 2.93. The van der Waals surface area contributed by atoms with Gasteiger partial charge >= 0.3 is 0 Å². The fourth-order valence-electron chi connectivity index (χ4n) is 2.79. The van der Waals surface area contributed by atoms with Crippen LogP contribution >= 0.6 is 0 Å². The largest absolute Gasteiger partial charge is 0.496 e. The molecule has 0 saturated carbocycles. The molecular weight excluding hydrogens is 362 g/mol. The van der Waals surface area contributed by atoms with Crippen molar-refractivity contribution in [2.75, 3.05) is 14.2 Å². The highest BCUT2D eigenvalue weighted by atomic mass is 16.6. The molecule has 0 radical (unpaired) electrons. The Labute approximate surface area is 160 Å². The molecule has 3 rings (SSSR count). The van der Waals surface area contributed by atoms with Gasteiger partial charge in [-0.05, 0) is 22.9 Å². The van der Waals surface area contributed by atoms with Crippen LogP contribution in [0.1, 0.15) is 15.9 Å². The van der Waals surface area contributed by atoms with E-state index < -0.39 is 10.8 Å². The van der Waals surface area contributed by atoms with Crippen LogP contribution in [-0.4, -0.2) is 31.3 Å². The van der Waals surface area contributed by atoms with Crippen molar-refractivity contribution in [2.24, 2.45) is 5.10 Å². The Morgan fingerprint density at radius 3 is 2.50 bits per heavy atom. The zero-order chi connectivity index (χ0) is 20.1. The second-order valence-electron chi connectivity index (χ2n) is 5.74. The second kappa shape index (κ2) is 8.17. The van der Waals surface area contributed by atoms with Crippen LogP contribution in [0.3, 0.4) is 0 Å². The molecule has 0 heterocycles. The van der Waals surface area contributed by atoms with Crippen molar-refractivity contribution in [3.63, 3.8) is 0 Å². The molecule has 8 heteroatoms. The van der Waals surface area contributed by atoms with E-state index in [2.05, 4.69) is 10.5 Å². The molecule has 0 saturated heterocycles. The molecule has 8 nitrogen and oxygen atoms in total. The van der Waals surface area contributed by atoms with Gasteiger partial charge in [-0.15, -0.1) is 0 Å². The minimum atomic E-state index is -0.629. The van der Waals surface area contributed by atoms with E-state index in [1.54, 1.807) is 7.11 Å². The molecular formula is C20H17N3O5. The Balaban J connectivity index is 1.90. The molecule has 0 atom stereocenters. The van der Waals surface area contributed by atoms with Crippen molar-refractivity contribution in [2.45, 2.75) is 0 Å². The van der Waals surface area contributed by atoms with Gasteiger partial charge in [-0.25, -0.2) is 5.43 Å². The molecule has 0 aliphatic rings. The Morgan fingerprint density at radius 2 is 1.79 bits per heavy atom. The first kappa shape index (κ1) is 18.8. The predicted molar refractivity (Wildman–Crippen MR) is 105 cm³/mol. The summed E-state index contributed by atoms with van der Waals surface area (Å²) in [6.45, 7) is 0. The van der Waals surface area contributed by atoms with Gasteiger partial charge in [0.15, 0.2) is 0 Å². The third-order valence-corrected chi connectivity index (χ3v) is 4.15. The van der Waals surface area contributed by atoms with Crippen molar-refractivity contribution in [3.05, 3.63) is 75.8 Å². The maximum Gasteiger partial charge on any atom is 0.275 e. The summed E-state index contributed by atoms with van der Waals surface area (Å²) in [6.07, 6.45) is 1.48. The molecule has 28 heavy (non-hydrogen) atoms. The summed E-state index contributed by atoms with van der Waals surface area (Å²) in [4.78, 5) is 22.8. The number of hydrogen-bond donors (Lipinski definition) is 1. The average Bonchev–Trinajstić information content (AvgIpc) is 2.73. The fraction of sp³-hybridized carbons (Fsp3) is 0.100. The van der Waals surface area contributed by atoms with E-state index in [9.17, 15) is 14.9 Å². The monoisotopic (exact) mass is 379 g/mol. The molecule has 0 bridgehead atoms. The summed E-state index contributed by atoms with van der Waals surface area (Å²) < 4.78 is 10.5. The molecule has 3 aromatic rings. The highest BCUT2D eigenvalue weighted by Gasteiger charge is 2.17. The van der Waals surface area contributed by atoms with Crippen LogP contribution in [0.15, 0.2) is 59.7 Å². The molecule has 0 unspecified atom stereocenters. The van der Waals surface area contributed by atoms with Gasteiger partial charge in [0.05, 0.1) is 30.9 Å². The number of nitro benzene ring substituents is 1. The van der Waals surface area contributed by atoms with Gasteiger partial charge in [0.25, 0.3) is 11.6 Å². The Kier molecular flexibility index (Phi) is 5.50. The second-order valence-corrected chi connectivity index (χ2v) is 5.74. The number of carbonyl (C=O) groups excluding carboxylic acids is 1. The number of carbonyl (C=O) groups is 1. The SMILES string of the molecule is COc1ccc([N+](=O)[O-])cc1C(=O)N/N=C\c1c(OC)ccc2ccccc12. The third-order valence-electron chi connectivity index (χ3n) is 4.15. The molecule has 142 valence electrons. The summed E-state index contributed by atoms with van der Waals surface area (Å²) >= 11 is 0. The van der Waals surface area contributed by atoms with E-state index >= 15 is 0 Å². The van der Waals surface area contributed by atoms with Crippen LogP contribution in [-0.2, 0) is 0 Å². The van der Waals surface area contributed by atoms with Gasteiger partial charge in [0, 0.05) is 17.7 Å². The van der Waals surface area contributed by atoms with Crippen molar-refractivity contribution in [1.82, 2.24) is 5.43 Å². The minimum absolute atomic E-state index is 0.0127. The number of nitrogens with zero attached hydrogens (tertiary/aromatic N) is 2. The van der Waals surface area contributed by atoms with Gasteiger partial charge in [0.1, 0.15) is 11.5 Å². The molecule has 0 fully saturated rings. The molecule has 0 aliphatic heterocycles. The first-order chi connectivity index (χ1) is 13.5. The molecule has 0 spiro atoms. The quantitative estimate of drug-likeness (QED) is 0.401. The number of amides is 1. The molecule has 3 aromatic carbocycles. The molecule has 0 aromatic heterocycles. The summed E-state index contributed by atoms with van der Waals surface area (Å²) in [5.41, 5.74) is 2.87. The van der Waals surface area contributed by atoms with Gasteiger partial charge in [-0.2, -0.15) is 5.10 Å². The topological polar surface area (TPSA) is 103 Å². The number of ether oxygens (including phenoxy) is 2. The van der Waals surface area contributed by atoms with Gasteiger partial charge in [-0.1, -0.05) is 30.3 Å². The van der Waals surface area contributed by atoms with E-state index in [0.717, 1.165) is 16.8 Å². The average molecular weight is 379 g/mol. The van der Waals surface area contributed by atoms with Crippen LogP contribution in [0.4, 0.5) is 5.69 Å². The van der Waals surface area contributed by atoms with Crippen molar-refractivity contribution >= 4 is 28.6 Å². The third kappa shape index (κ3) is 3.75. The molecule has 1 N–H and O–H groups in total. The van der Waals surface area contributed by atoms with E-state index in [4.69, 9.17) is 9.47 Å². The van der Waals surface area contributed by atoms with Crippen LogP contribution < -0.4 is 14.9 Å². The number of non-ortho nitro benzene ring substituents is 1. The number of methoxy groups -OCH3 is 2. The van der Waals surface area contributed by atoms with Crippen LogP contribution in [0.2, 0.25) is 0 Å². The molecule has 1 amide bonds. The van der Waals surface area contributed by atoms with Crippen molar-refractivity contribution < 1.29 is 19.2 Å². The van der Waals surface area contributed by atoms with Crippen LogP contribution in [0.5, 0.6) is 11.5 Å². The van der Waals surface area contributed by atoms with E-state index in [1.165, 1.54) is 25.5 Å². The first-order valence-electron chi connectivity index (χ1n) is 8.26. The number of nitro groups is 1. The van der Waals surface area contributed by atoms with E-state index in [0.29, 0.717) is 11.3 Å². The van der Waals surface area contributed by atoms with Crippen LogP contribution in [0, 0.1) is 10.1 Å². The number of nitrogens with one attached hydrogen (secondary N) is 1. The lowest BCUT2D eigenvalue weighted by Crippen LogP contribution is -2.18. The zero-order valence-corrected chi connectivity index (χ0v) is 15.2. The van der Waals surface area contributed by atoms with Gasteiger partial charge in [-0.3, -0.25) is 14.9 Å². The maximum absolute atomic E-state index is 12.4. The number of hydrogen-bond acceptors (Lipinski definition) is 6. The van der Waals surface area contributed by atoms with E-state index in [1.807, 2.05) is 36.4 Å². The normalized spacial score (nSPS) is 10.8. The number of fused-ring (bicyclic) bond motifs is 1. The fourth-order valence-corrected chi connectivity index (χ4v) is 2.79. The van der Waals surface area contributed by atoms with E-state index in [-0.39, 0.29) is 17.0 Å². The highest BCUT2D eigenvalue weighted by molar-refractivity contribution is 6.03. The highest BCUT2D eigenvalue weighted by Crippen LogP contribution is 2.26. The van der Waals surface area contributed by atoms with Gasteiger partial charge in [0.2, 0.25) is 0 Å². The number of benzene rings is 3. The first-order valence-corrected chi connectivity index (χ1v) is 8.26. The minimum Gasteiger partial charge on any atom is -0.496 e. The number of rotatable bonds is 6. The predicted octanol–water partition coefficient (Wildman–Crippen LogP) is 3.53. The standard InChI is InChI=1S/C20H17N3O5/c1-27-18-10-8-14(23(25)26)11-16(18)20(24)22-21-12-17-15-6-4-3-5-13(15)7-9-19(17)28-2/h3-12H,1-2H3,(H,22,24)/b21-12-. The molecule has 0 aliphatic carbocycles. The maximum atomic E-state index is 12.4. The Bertz CT molecular complexity index is 1080. The Hall–Kier alpha value is -3.94. The summed E-state index contributed by atoms with van der Waals surface area (Å²) in [5, 5.41) is 16.9. The lowest BCUT2D eigenvalue weighted by atomic mass is 10.0. The zero-order valence-electron chi connectivity index (χ0n) is 15.2. The summed E-state index contributed by atoms with van der Waals surface area (Å²) in [6, 6.07) is 15.2. The summed E-state index contributed by atoms with van der Waals surface area (Å²) in [5.74, 6) is 0.182. The lowest BCUT2D eigenvalue weighted by Gasteiger charge is -2.09. The smallest absolute Gasteiger partial charge is 0.275 e. The van der Waals surface area contributed by atoms with Crippen LogP contribution in [0.25, 0.3) is 10.8 Å². The Morgan fingerprint density at radius 1 is 1.07 bits per heavy atom.